The Morgan fingerprint density at radius 2 is 1.90 bits per heavy atom. The molecule has 0 aliphatic heterocycles. The fourth-order valence-corrected chi connectivity index (χ4v) is 2.60. The number of hydrogen-bond donors (Lipinski definition) is 3. The fourth-order valence-electron chi connectivity index (χ4n) is 2.27. The molecule has 0 aromatic carbocycles. The quantitative estimate of drug-likeness (QED) is 0.290. The maximum atomic E-state index is 12.4. The molecule has 7 nitrogen and oxygen atoms in total. The number of carbonyl (C=O) groups excluding carboxylic acids is 1. The molecule has 0 heterocycles. The summed E-state index contributed by atoms with van der Waals surface area (Å²) in [5.74, 6) is -0.480. The van der Waals surface area contributed by atoms with Gasteiger partial charge in [-0.15, -0.1) is 0 Å². The van der Waals surface area contributed by atoms with E-state index in [1.165, 1.54) is 0 Å². The predicted molar refractivity (Wildman–Crippen MR) is 76.2 cm³/mol. The molecule has 4 N–H and O–H groups in total. The number of nitrogens with one attached hydrogen (secondary N) is 1. The molecular weight excluding hydrogens is 282 g/mol. The number of sulfone groups is 1. The summed E-state index contributed by atoms with van der Waals surface area (Å²) in [4.78, 5) is 12.4. The van der Waals surface area contributed by atoms with Gasteiger partial charge in [-0.3, -0.25) is 4.79 Å². The van der Waals surface area contributed by atoms with Crippen molar-refractivity contribution in [2.24, 2.45) is 16.3 Å². The first-order valence-electron chi connectivity index (χ1n) is 6.53. The first-order chi connectivity index (χ1) is 9.07. The van der Waals surface area contributed by atoms with Crippen LogP contribution in [0.5, 0.6) is 0 Å². The molecule has 0 spiro atoms. The molecule has 20 heavy (non-hydrogen) atoms. The lowest BCUT2D eigenvalue weighted by Gasteiger charge is -2.29. The number of carbonyl (C=O) groups is 1. The number of oxime groups is 1. The molecule has 116 valence electrons. The highest BCUT2D eigenvalue weighted by molar-refractivity contribution is 7.92. The molecule has 1 amide bonds. The summed E-state index contributed by atoms with van der Waals surface area (Å²) < 4.78 is 22.2. The van der Waals surface area contributed by atoms with Crippen molar-refractivity contribution >= 4 is 21.6 Å². The topological polar surface area (TPSA) is 122 Å². The van der Waals surface area contributed by atoms with Gasteiger partial charge in [0.15, 0.2) is 15.7 Å². The highest BCUT2D eigenvalue weighted by Gasteiger charge is 2.46. The van der Waals surface area contributed by atoms with Crippen molar-refractivity contribution in [1.82, 2.24) is 5.32 Å². The van der Waals surface area contributed by atoms with E-state index in [1.54, 1.807) is 13.8 Å². The van der Waals surface area contributed by atoms with Crippen molar-refractivity contribution in [3.8, 4) is 0 Å². The highest BCUT2D eigenvalue weighted by atomic mass is 32.2. The monoisotopic (exact) mass is 305 g/mol. The summed E-state index contributed by atoms with van der Waals surface area (Å²) in [6.07, 6.45) is 3.79. The molecule has 1 saturated carbocycles. The van der Waals surface area contributed by atoms with Gasteiger partial charge in [-0.25, -0.2) is 8.42 Å². The SMILES string of the molecule is CC(C)(CNC(=O)C1(C(N)=NO)CCCC1)S(C)(=O)=O. The van der Waals surface area contributed by atoms with Gasteiger partial charge in [0.25, 0.3) is 0 Å². The van der Waals surface area contributed by atoms with Crippen LogP contribution >= 0.6 is 0 Å². The van der Waals surface area contributed by atoms with Crippen LogP contribution in [0.4, 0.5) is 0 Å². The summed E-state index contributed by atoms with van der Waals surface area (Å²) in [5.41, 5.74) is 4.65. The summed E-state index contributed by atoms with van der Waals surface area (Å²) >= 11 is 0. The van der Waals surface area contributed by atoms with Gasteiger partial charge in [0, 0.05) is 12.8 Å². The van der Waals surface area contributed by atoms with Crippen LogP contribution in [-0.2, 0) is 14.6 Å². The summed E-state index contributed by atoms with van der Waals surface area (Å²) in [5, 5.41) is 14.5. The Bertz CT molecular complexity index is 505. The van der Waals surface area contributed by atoms with Gasteiger partial charge in [0.05, 0.1) is 4.75 Å². The smallest absolute Gasteiger partial charge is 0.234 e. The number of nitrogens with zero attached hydrogens (tertiary/aromatic N) is 1. The third-order valence-corrected chi connectivity index (χ3v) is 6.32. The molecule has 1 aliphatic carbocycles. The zero-order valence-electron chi connectivity index (χ0n) is 12.1. The van der Waals surface area contributed by atoms with Gasteiger partial charge >= 0.3 is 0 Å². The average Bonchev–Trinajstić information content (AvgIpc) is 2.84. The molecule has 1 rings (SSSR count). The summed E-state index contributed by atoms with van der Waals surface area (Å²) in [7, 11) is -3.29. The van der Waals surface area contributed by atoms with Gasteiger partial charge in [-0.05, 0) is 26.7 Å². The molecule has 0 atom stereocenters. The van der Waals surface area contributed by atoms with E-state index >= 15 is 0 Å². The van der Waals surface area contributed by atoms with Gasteiger partial charge < -0.3 is 16.3 Å². The van der Waals surface area contributed by atoms with Crippen molar-refractivity contribution in [1.29, 1.82) is 0 Å². The minimum Gasteiger partial charge on any atom is -0.409 e. The Kier molecular flexibility index (Phi) is 4.68. The Balaban J connectivity index is 2.85. The molecule has 1 fully saturated rings. The van der Waals surface area contributed by atoms with Crippen molar-refractivity contribution in [2.75, 3.05) is 12.8 Å². The predicted octanol–water partition coefficient (Wildman–Crippen LogP) is 0.233. The maximum absolute atomic E-state index is 12.4. The fraction of sp³-hybridized carbons (Fsp3) is 0.833. The Hall–Kier alpha value is -1.31. The van der Waals surface area contributed by atoms with Crippen LogP contribution in [0.1, 0.15) is 39.5 Å². The van der Waals surface area contributed by atoms with Crippen LogP contribution in [0.25, 0.3) is 0 Å². The molecule has 0 unspecified atom stereocenters. The van der Waals surface area contributed by atoms with Crippen molar-refractivity contribution in [3.05, 3.63) is 0 Å². The first-order valence-corrected chi connectivity index (χ1v) is 8.42. The second-order valence-electron chi connectivity index (χ2n) is 5.99. The Morgan fingerprint density at radius 3 is 2.30 bits per heavy atom. The van der Waals surface area contributed by atoms with Gasteiger partial charge in [-0.1, -0.05) is 18.0 Å². The van der Waals surface area contributed by atoms with Gasteiger partial charge in [0.1, 0.15) is 5.41 Å². The number of amides is 1. The van der Waals surface area contributed by atoms with Crippen LogP contribution < -0.4 is 11.1 Å². The highest BCUT2D eigenvalue weighted by Crippen LogP contribution is 2.38. The normalized spacial score (nSPS) is 19.9. The van der Waals surface area contributed by atoms with Crippen LogP contribution in [0.3, 0.4) is 0 Å². The number of rotatable bonds is 5. The largest absolute Gasteiger partial charge is 0.409 e. The summed E-state index contributed by atoms with van der Waals surface area (Å²) in [6, 6.07) is 0. The van der Waals surface area contributed by atoms with Crippen molar-refractivity contribution < 1.29 is 18.4 Å². The molecular formula is C12H23N3O4S. The molecule has 0 aromatic rings. The van der Waals surface area contributed by atoms with Crippen molar-refractivity contribution in [3.63, 3.8) is 0 Å². The van der Waals surface area contributed by atoms with E-state index in [4.69, 9.17) is 10.9 Å². The molecule has 0 saturated heterocycles. The first kappa shape index (κ1) is 16.7. The Labute approximate surface area is 119 Å². The van der Waals surface area contributed by atoms with Crippen LogP contribution in [0.15, 0.2) is 5.16 Å². The lowest BCUT2D eigenvalue weighted by Crippen LogP contribution is -2.52. The Morgan fingerprint density at radius 1 is 1.40 bits per heavy atom. The molecule has 0 aromatic heterocycles. The van der Waals surface area contributed by atoms with E-state index in [2.05, 4.69) is 10.5 Å². The standard InChI is InChI=1S/C12H23N3O4S/c1-11(2,20(3,18)19)8-14-10(16)12(9(13)15-17)6-4-5-7-12/h17H,4-8H2,1-3H3,(H2,13,15)(H,14,16). The van der Waals surface area contributed by atoms with E-state index < -0.39 is 20.0 Å². The van der Waals surface area contributed by atoms with E-state index in [9.17, 15) is 13.2 Å². The van der Waals surface area contributed by atoms with E-state index in [0.29, 0.717) is 12.8 Å². The number of amidine groups is 1. The third-order valence-electron chi connectivity index (χ3n) is 4.17. The lowest BCUT2D eigenvalue weighted by atomic mass is 9.83. The van der Waals surface area contributed by atoms with Gasteiger partial charge in [-0.2, -0.15) is 0 Å². The molecule has 8 heteroatoms. The zero-order chi connectivity index (χ0) is 15.6. The molecule has 0 radical (unpaired) electrons. The minimum atomic E-state index is -3.29. The lowest BCUT2D eigenvalue weighted by molar-refractivity contribution is -0.127. The second kappa shape index (κ2) is 5.59. The van der Waals surface area contributed by atoms with Gasteiger partial charge in [0.2, 0.25) is 5.91 Å². The zero-order valence-corrected chi connectivity index (χ0v) is 13.0. The van der Waals surface area contributed by atoms with Crippen LogP contribution in [0, 0.1) is 5.41 Å². The minimum absolute atomic E-state index is 0.00880. The summed E-state index contributed by atoms with van der Waals surface area (Å²) in [6.45, 7) is 3.09. The number of hydrogen-bond acceptors (Lipinski definition) is 5. The van der Waals surface area contributed by atoms with E-state index in [-0.39, 0.29) is 18.3 Å². The van der Waals surface area contributed by atoms with Crippen molar-refractivity contribution in [2.45, 2.75) is 44.3 Å². The second-order valence-corrected chi connectivity index (χ2v) is 8.64. The number of nitrogens with two attached hydrogens (primary N) is 1. The third kappa shape index (κ3) is 3.05. The van der Waals surface area contributed by atoms with E-state index in [1.807, 2.05) is 0 Å². The maximum Gasteiger partial charge on any atom is 0.234 e. The van der Waals surface area contributed by atoms with Crippen LogP contribution in [0.2, 0.25) is 0 Å². The molecule has 1 aliphatic rings. The van der Waals surface area contributed by atoms with Crippen LogP contribution in [-0.4, -0.2) is 42.9 Å². The molecule has 0 bridgehead atoms. The average molecular weight is 305 g/mol. The van der Waals surface area contributed by atoms with E-state index in [0.717, 1.165) is 19.1 Å².